The Morgan fingerprint density at radius 2 is 1.97 bits per heavy atom. The number of aryl methyl sites for hydroxylation is 1. The molecule has 1 aromatic carbocycles. The number of benzene rings is 1. The third kappa shape index (κ3) is 3.89. The van der Waals surface area contributed by atoms with Gasteiger partial charge < -0.3 is 18.6 Å². The van der Waals surface area contributed by atoms with Gasteiger partial charge in [0, 0.05) is 57.1 Å². The molecular weight excluding hydrogens is 378 g/mol. The SMILES string of the molecule is Cn1cc(CN2CCC(Oc3cccc4c3ccn4C3CCOC3)CC2)ccc1=O. The first-order chi connectivity index (χ1) is 14.7. The van der Waals surface area contributed by atoms with Crippen molar-refractivity contribution in [2.45, 2.75) is 38.0 Å². The van der Waals surface area contributed by atoms with Crippen molar-refractivity contribution in [1.82, 2.24) is 14.0 Å². The summed E-state index contributed by atoms with van der Waals surface area (Å²) in [4.78, 5) is 14.0. The monoisotopic (exact) mass is 407 g/mol. The van der Waals surface area contributed by atoms with Gasteiger partial charge in [-0.15, -0.1) is 0 Å². The standard InChI is InChI=1S/C24H29N3O3/c1-25-15-18(5-6-24(25)28)16-26-11-7-20(8-12-26)30-23-4-2-3-22-21(23)9-13-27(22)19-10-14-29-17-19/h2-6,9,13,15,19-20H,7-8,10-12,14,16-17H2,1H3. The van der Waals surface area contributed by atoms with E-state index in [2.05, 4.69) is 39.9 Å². The maximum atomic E-state index is 11.6. The summed E-state index contributed by atoms with van der Waals surface area (Å²) >= 11 is 0. The quantitative estimate of drug-likeness (QED) is 0.651. The number of pyridine rings is 1. The van der Waals surface area contributed by atoms with Crippen LogP contribution in [-0.4, -0.2) is 46.4 Å². The minimum atomic E-state index is 0.0364. The van der Waals surface area contributed by atoms with Gasteiger partial charge in [-0.1, -0.05) is 12.1 Å². The molecule has 158 valence electrons. The molecule has 1 unspecified atom stereocenters. The van der Waals surface area contributed by atoms with E-state index in [0.29, 0.717) is 6.04 Å². The van der Waals surface area contributed by atoms with Gasteiger partial charge in [-0.25, -0.2) is 0 Å². The van der Waals surface area contributed by atoms with Crippen molar-refractivity contribution in [3.05, 3.63) is 64.7 Å². The third-order valence-corrected chi connectivity index (χ3v) is 6.40. The fourth-order valence-electron chi connectivity index (χ4n) is 4.69. The molecule has 0 spiro atoms. The maximum Gasteiger partial charge on any atom is 0.250 e. The van der Waals surface area contributed by atoms with E-state index in [-0.39, 0.29) is 11.7 Å². The first-order valence-electron chi connectivity index (χ1n) is 10.9. The second-order valence-corrected chi connectivity index (χ2v) is 8.51. The first kappa shape index (κ1) is 19.4. The number of hydrogen-bond acceptors (Lipinski definition) is 4. The van der Waals surface area contributed by atoms with Crippen molar-refractivity contribution in [3.8, 4) is 5.75 Å². The molecule has 2 saturated heterocycles. The summed E-state index contributed by atoms with van der Waals surface area (Å²) in [5, 5.41) is 1.19. The van der Waals surface area contributed by atoms with Crippen LogP contribution in [0, 0.1) is 0 Å². The zero-order valence-electron chi connectivity index (χ0n) is 17.5. The summed E-state index contributed by atoms with van der Waals surface area (Å²) in [6.07, 6.45) is 7.45. The number of rotatable bonds is 5. The van der Waals surface area contributed by atoms with Crippen LogP contribution in [0.25, 0.3) is 10.9 Å². The predicted molar refractivity (Wildman–Crippen MR) is 117 cm³/mol. The second-order valence-electron chi connectivity index (χ2n) is 8.51. The summed E-state index contributed by atoms with van der Waals surface area (Å²) in [5.74, 6) is 0.988. The lowest BCUT2D eigenvalue weighted by Crippen LogP contribution is -2.38. The molecule has 6 nitrogen and oxygen atoms in total. The van der Waals surface area contributed by atoms with Gasteiger partial charge >= 0.3 is 0 Å². The third-order valence-electron chi connectivity index (χ3n) is 6.40. The number of aromatic nitrogens is 2. The Labute approximate surface area is 176 Å². The Morgan fingerprint density at radius 1 is 1.10 bits per heavy atom. The Bertz CT molecular complexity index is 1070. The van der Waals surface area contributed by atoms with E-state index in [0.717, 1.165) is 57.9 Å². The Hall–Kier alpha value is -2.57. The molecule has 2 fully saturated rings. The average Bonchev–Trinajstić information content (AvgIpc) is 3.42. The molecule has 5 rings (SSSR count). The van der Waals surface area contributed by atoms with Gasteiger partial charge in [-0.05, 0) is 43.0 Å². The van der Waals surface area contributed by atoms with Crippen LogP contribution < -0.4 is 10.3 Å². The van der Waals surface area contributed by atoms with Gasteiger partial charge in [-0.3, -0.25) is 9.69 Å². The molecule has 6 heteroatoms. The second kappa shape index (κ2) is 8.28. The highest BCUT2D eigenvalue weighted by Crippen LogP contribution is 2.32. The Morgan fingerprint density at radius 3 is 2.73 bits per heavy atom. The molecular formula is C24H29N3O3. The molecule has 2 aliphatic rings. The number of nitrogens with zero attached hydrogens (tertiary/aromatic N) is 3. The number of hydrogen-bond donors (Lipinski definition) is 0. The molecule has 1 atom stereocenters. The molecule has 0 bridgehead atoms. The molecule has 2 aliphatic heterocycles. The van der Waals surface area contributed by atoms with E-state index < -0.39 is 0 Å². The lowest BCUT2D eigenvalue weighted by molar-refractivity contribution is 0.0979. The van der Waals surface area contributed by atoms with Crippen molar-refractivity contribution in [3.63, 3.8) is 0 Å². The number of ether oxygens (including phenoxy) is 2. The fraction of sp³-hybridized carbons (Fsp3) is 0.458. The van der Waals surface area contributed by atoms with Crippen molar-refractivity contribution < 1.29 is 9.47 Å². The van der Waals surface area contributed by atoms with Gasteiger partial charge in [-0.2, -0.15) is 0 Å². The zero-order chi connectivity index (χ0) is 20.5. The Kier molecular flexibility index (Phi) is 5.35. The molecule has 0 amide bonds. The van der Waals surface area contributed by atoms with E-state index in [1.165, 1.54) is 16.5 Å². The lowest BCUT2D eigenvalue weighted by Gasteiger charge is -2.32. The average molecular weight is 408 g/mol. The molecule has 0 radical (unpaired) electrons. The highest BCUT2D eigenvalue weighted by atomic mass is 16.5. The van der Waals surface area contributed by atoms with Crippen LogP contribution in [0.3, 0.4) is 0 Å². The van der Waals surface area contributed by atoms with Gasteiger partial charge in [0.2, 0.25) is 5.56 Å². The van der Waals surface area contributed by atoms with Crippen LogP contribution in [0.5, 0.6) is 5.75 Å². The van der Waals surface area contributed by atoms with E-state index in [1.807, 2.05) is 12.3 Å². The van der Waals surface area contributed by atoms with Crippen LogP contribution >= 0.6 is 0 Å². The van der Waals surface area contributed by atoms with Crippen molar-refractivity contribution in [1.29, 1.82) is 0 Å². The smallest absolute Gasteiger partial charge is 0.250 e. The van der Waals surface area contributed by atoms with Crippen LogP contribution in [0.15, 0.2) is 53.6 Å². The van der Waals surface area contributed by atoms with Gasteiger partial charge in [0.15, 0.2) is 0 Å². The fourth-order valence-corrected chi connectivity index (χ4v) is 4.69. The number of likely N-dealkylation sites (tertiary alicyclic amines) is 1. The van der Waals surface area contributed by atoms with Gasteiger partial charge in [0.25, 0.3) is 0 Å². The highest BCUT2D eigenvalue weighted by molar-refractivity contribution is 5.86. The molecule has 3 aromatic rings. The number of fused-ring (bicyclic) bond motifs is 1. The zero-order valence-corrected chi connectivity index (χ0v) is 17.5. The molecule has 30 heavy (non-hydrogen) atoms. The molecule has 2 aromatic heterocycles. The normalized spacial score (nSPS) is 20.8. The lowest BCUT2D eigenvalue weighted by atomic mass is 10.1. The van der Waals surface area contributed by atoms with Gasteiger partial charge in [0.1, 0.15) is 11.9 Å². The Balaban J connectivity index is 1.22. The van der Waals surface area contributed by atoms with E-state index in [1.54, 1.807) is 17.7 Å². The summed E-state index contributed by atoms with van der Waals surface area (Å²) in [5.41, 5.74) is 2.45. The largest absolute Gasteiger partial charge is 0.490 e. The van der Waals surface area contributed by atoms with Crippen molar-refractivity contribution in [2.24, 2.45) is 7.05 Å². The highest BCUT2D eigenvalue weighted by Gasteiger charge is 2.23. The van der Waals surface area contributed by atoms with Gasteiger partial charge in [0.05, 0.1) is 18.2 Å². The number of piperidine rings is 1. The van der Waals surface area contributed by atoms with E-state index in [9.17, 15) is 4.79 Å². The molecule has 0 aliphatic carbocycles. The summed E-state index contributed by atoms with van der Waals surface area (Å²) in [6, 6.07) is 12.6. The van der Waals surface area contributed by atoms with Crippen molar-refractivity contribution in [2.75, 3.05) is 26.3 Å². The minimum absolute atomic E-state index is 0.0364. The summed E-state index contributed by atoms with van der Waals surface area (Å²) in [6.45, 7) is 4.53. The molecule has 0 saturated carbocycles. The maximum absolute atomic E-state index is 11.6. The molecule has 4 heterocycles. The van der Waals surface area contributed by atoms with E-state index >= 15 is 0 Å². The topological polar surface area (TPSA) is 48.6 Å². The van der Waals surface area contributed by atoms with Crippen LogP contribution in [0.4, 0.5) is 0 Å². The van der Waals surface area contributed by atoms with E-state index in [4.69, 9.17) is 9.47 Å². The minimum Gasteiger partial charge on any atom is -0.490 e. The van der Waals surface area contributed by atoms with Crippen LogP contribution in [0.1, 0.15) is 30.9 Å². The van der Waals surface area contributed by atoms with Crippen molar-refractivity contribution >= 4 is 10.9 Å². The van der Waals surface area contributed by atoms with Crippen LogP contribution in [0.2, 0.25) is 0 Å². The summed E-state index contributed by atoms with van der Waals surface area (Å²) < 4.78 is 16.0. The predicted octanol–water partition coefficient (Wildman–Crippen LogP) is 3.34. The summed E-state index contributed by atoms with van der Waals surface area (Å²) in [7, 11) is 1.81. The first-order valence-corrected chi connectivity index (χ1v) is 10.9. The molecule has 0 N–H and O–H groups in total. The van der Waals surface area contributed by atoms with Crippen LogP contribution in [-0.2, 0) is 18.3 Å².